The van der Waals surface area contributed by atoms with Gasteiger partial charge in [-0.2, -0.15) is 0 Å². The Hall–Kier alpha value is -1.02. The molecule has 106 valence electrons. The van der Waals surface area contributed by atoms with Crippen molar-refractivity contribution >= 4 is 5.69 Å². The van der Waals surface area contributed by atoms with Crippen LogP contribution in [0.1, 0.15) is 45.1 Å². The second-order valence-electron chi connectivity index (χ2n) is 6.28. The van der Waals surface area contributed by atoms with Crippen LogP contribution in [0.15, 0.2) is 24.3 Å². The number of nitrogen functional groups attached to an aromatic ring is 1. The molecule has 1 aromatic rings. The van der Waals surface area contributed by atoms with Crippen molar-refractivity contribution in [3.63, 3.8) is 0 Å². The molecule has 2 heteroatoms. The summed E-state index contributed by atoms with van der Waals surface area (Å²) in [5.41, 5.74) is 8.29. The zero-order valence-corrected chi connectivity index (χ0v) is 12.4. The predicted octanol–water partition coefficient (Wildman–Crippen LogP) is 3.71. The number of hydrogen-bond acceptors (Lipinski definition) is 2. The van der Waals surface area contributed by atoms with Crippen LogP contribution in [-0.4, -0.2) is 24.0 Å². The van der Waals surface area contributed by atoms with E-state index in [0.717, 1.165) is 30.6 Å². The van der Waals surface area contributed by atoms with Gasteiger partial charge in [0.1, 0.15) is 0 Å². The van der Waals surface area contributed by atoms with Crippen molar-refractivity contribution in [3.8, 4) is 0 Å². The molecule has 0 aliphatic heterocycles. The normalized spacial score (nSPS) is 16.6. The fourth-order valence-electron chi connectivity index (χ4n) is 3.19. The van der Waals surface area contributed by atoms with Crippen LogP contribution in [-0.2, 0) is 6.42 Å². The van der Waals surface area contributed by atoms with Crippen LogP contribution in [0.3, 0.4) is 0 Å². The Morgan fingerprint density at radius 2 is 1.89 bits per heavy atom. The molecule has 0 amide bonds. The van der Waals surface area contributed by atoms with E-state index < -0.39 is 0 Å². The lowest BCUT2D eigenvalue weighted by molar-refractivity contribution is 0.179. The van der Waals surface area contributed by atoms with Gasteiger partial charge in [-0.05, 0) is 36.8 Å². The van der Waals surface area contributed by atoms with Gasteiger partial charge in [-0.3, -0.25) is 4.90 Å². The number of nitrogens with two attached hydrogens (primary N) is 1. The van der Waals surface area contributed by atoms with Crippen molar-refractivity contribution in [3.05, 3.63) is 29.8 Å². The molecule has 2 rings (SSSR count). The van der Waals surface area contributed by atoms with E-state index in [1.165, 1.54) is 37.8 Å². The Kier molecular flexibility index (Phi) is 5.26. The third-order valence-electron chi connectivity index (χ3n) is 4.16. The van der Waals surface area contributed by atoms with E-state index in [4.69, 9.17) is 5.73 Å². The molecule has 1 saturated carbocycles. The van der Waals surface area contributed by atoms with Gasteiger partial charge in [0.15, 0.2) is 0 Å². The van der Waals surface area contributed by atoms with E-state index in [0.29, 0.717) is 0 Å². The van der Waals surface area contributed by atoms with Gasteiger partial charge in [0, 0.05) is 24.8 Å². The van der Waals surface area contributed by atoms with Crippen LogP contribution < -0.4 is 5.73 Å². The Balaban J connectivity index is 1.94. The first-order valence-corrected chi connectivity index (χ1v) is 7.74. The number of hydrogen-bond donors (Lipinski definition) is 1. The second kappa shape index (κ2) is 6.95. The number of anilines is 1. The third kappa shape index (κ3) is 4.24. The first-order valence-electron chi connectivity index (χ1n) is 7.74. The van der Waals surface area contributed by atoms with Crippen molar-refractivity contribution in [2.75, 3.05) is 18.8 Å². The summed E-state index contributed by atoms with van der Waals surface area (Å²) in [4.78, 5) is 2.70. The Bertz CT molecular complexity index is 381. The average molecular weight is 260 g/mol. The smallest absolute Gasteiger partial charge is 0.0347 e. The van der Waals surface area contributed by atoms with Crippen molar-refractivity contribution < 1.29 is 0 Å². The first-order chi connectivity index (χ1) is 9.16. The molecule has 0 radical (unpaired) electrons. The molecule has 1 aliphatic rings. The molecule has 0 spiro atoms. The number of benzene rings is 1. The van der Waals surface area contributed by atoms with Crippen LogP contribution in [0.4, 0.5) is 5.69 Å². The highest BCUT2D eigenvalue weighted by atomic mass is 15.2. The fourth-order valence-corrected chi connectivity index (χ4v) is 3.19. The van der Waals surface area contributed by atoms with Gasteiger partial charge in [0.05, 0.1) is 0 Å². The molecule has 0 bridgehead atoms. The molecule has 0 atom stereocenters. The van der Waals surface area contributed by atoms with Crippen molar-refractivity contribution in [2.45, 2.75) is 52.0 Å². The van der Waals surface area contributed by atoms with Crippen molar-refractivity contribution in [2.24, 2.45) is 5.92 Å². The topological polar surface area (TPSA) is 29.3 Å². The molecular weight excluding hydrogens is 232 g/mol. The van der Waals surface area contributed by atoms with E-state index in [1.54, 1.807) is 0 Å². The van der Waals surface area contributed by atoms with Gasteiger partial charge < -0.3 is 5.73 Å². The van der Waals surface area contributed by atoms with E-state index in [2.05, 4.69) is 30.9 Å². The maximum absolute atomic E-state index is 6.04. The molecular formula is C17H28N2. The summed E-state index contributed by atoms with van der Waals surface area (Å²) in [5, 5.41) is 0. The van der Waals surface area contributed by atoms with Gasteiger partial charge in [-0.15, -0.1) is 0 Å². The average Bonchev–Trinajstić information content (AvgIpc) is 2.89. The SMILES string of the molecule is CC(C)CN(CCc1ccccc1N)C1CCCC1. The minimum absolute atomic E-state index is 0.744. The van der Waals surface area contributed by atoms with Gasteiger partial charge in [0.25, 0.3) is 0 Å². The number of para-hydroxylation sites is 1. The largest absolute Gasteiger partial charge is 0.399 e. The first kappa shape index (κ1) is 14.4. The standard InChI is InChI=1S/C17H28N2/c1-14(2)13-19(16-8-4-5-9-16)12-11-15-7-3-6-10-17(15)18/h3,6-7,10,14,16H,4-5,8-9,11-13,18H2,1-2H3. The summed E-state index contributed by atoms with van der Waals surface area (Å²) in [6.07, 6.45) is 6.67. The van der Waals surface area contributed by atoms with E-state index in [9.17, 15) is 0 Å². The maximum Gasteiger partial charge on any atom is 0.0347 e. The zero-order valence-electron chi connectivity index (χ0n) is 12.4. The molecule has 2 nitrogen and oxygen atoms in total. The Labute approximate surface area is 118 Å². The molecule has 0 heterocycles. The lowest BCUT2D eigenvalue weighted by Crippen LogP contribution is -2.37. The van der Waals surface area contributed by atoms with Crippen LogP contribution in [0.5, 0.6) is 0 Å². The lowest BCUT2D eigenvalue weighted by atomic mass is 10.1. The van der Waals surface area contributed by atoms with Gasteiger partial charge in [-0.1, -0.05) is 44.9 Å². The zero-order chi connectivity index (χ0) is 13.7. The van der Waals surface area contributed by atoms with E-state index >= 15 is 0 Å². The van der Waals surface area contributed by atoms with Gasteiger partial charge >= 0.3 is 0 Å². The van der Waals surface area contributed by atoms with Crippen molar-refractivity contribution in [1.82, 2.24) is 4.90 Å². The summed E-state index contributed by atoms with van der Waals surface area (Å²) >= 11 is 0. The third-order valence-corrected chi connectivity index (χ3v) is 4.16. The van der Waals surface area contributed by atoms with Crippen LogP contribution >= 0.6 is 0 Å². The fraction of sp³-hybridized carbons (Fsp3) is 0.647. The highest BCUT2D eigenvalue weighted by molar-refractivity contribution is 5.46. The summed E-state index contributed by atoms with van der Waals surface area (Å²) < 4.78 is 0. The minimum Gasteiger partial charge on any atom is -0.399 e. The quantitative estimate of drug-likeness (QED) is 0.790. The molecule has 0 unspecified atom stereocenters. The monoisotopic (exact) mass is 260 g/mol. The van der Waals surface area contributed by atoms with Gasteiger partial charge in [0.2, 0.25) is 0 Å². The maximum atomic E-state index is 6.04. The molecule has 1 aromatic carbocycles. The van der Waals surface area contributed by atoms with Crippen molar-refractivity contribution in [1.29, 1.82) is 0 Å². The van der Waals surface area contributed by atoms with Crippen LogP contribution in [0.25, 0.3) is 0 Å². The molecule has 1 aliphatic carbocycles. The summed E-state index contributed by atoms with van der Waals surface area (Å²) in [7, 11) is 0. The number of rotatable bonds is 6. The highest BCUT2D eigenvalue weighted by Gasteiger charge is 2.22. The van der Waals surface area contributed by atoms with E-state index in [-0.39, 0.29) is 0 Å². The molecule has 0 saturated heterocycles. The van der Waals surface area contributed by atoms with Crippen LogP contribution in [0, 0.1) is 5.92 Å². The summed E-state index contributed by atoms with van der Waals surface area (Å²) in [6.45, 7) is 7.01. The lowest BCUT2D eigenvalue weighted by Gasteiger charge is -2.30. The molecule has 1 fully saturated rings. The second-order valence-corrected chi connectivity index (χ2v) is 6.28. The minimum atomic E-state index is 0.744. The van der Waals surface area contributed by atoms with E-state index in [1.807, 2.05) is 12.1 Å². The molecule has 19 heavy (non-hydrogen) atoms. The molecule has 0 aromatic heterocycles. The van der Waals surface area contributed by atoms with Gasteiger partial charge in [-0.25, -0.2) is 0 Å². The summed E-state index contributed by atoms with van der Waals surface area (Å²) in [5.74, 6) is 0.744. The Morgan fingerprint density at radius 1 is 1.21 bits per heavy atom. The summed E-state index contributed by atoms with van der Waals surface area (Å²) in [6, 6.07) is 9.10. The predicted molar refractivity (Wildman–Crippen MR) is 83.2 cm³/mol. The molecule has 2 N–H and O–H groups in total. The van der Waals surface area contributed by atoms with Crippen LogP contribution in [0.2, 0.25) is 0 Å². The number of nitrogens with zero attached hydrogens (tertiary/aromatic N) is 1. The highest BCUT2D eigenvalue weighted by Crippen LogP contribution is 2.25. The Morgan fingerprint density at radius 3 is 2.53 bits per heavy atom.